The van der Waals surface area contributed by atoms with Crippen LogP contribution in [0.3, 0.4) is 0 Å². The predicted octanol–water partition coefficient (Wildman–Crippen LogP) is 9.27. The molecule has 310 valence electrons. The topological polar surface area (TPSA) is 132 Å². The Kier molecular flexibility index (Phi) is 13.0. The van der Waals surface area contributed by atoms with Crippen molar-refractivity contribution in [1.82, 2.24) is 34.4 Å². The highest BCUT2D eigenvalue weighted by atomic mass is 28.3. The number of nitrogens with one attached hydrogen (secondary N) is 1. The number of piperidine rings is 1. The summed E-state index contributed by atoms with van der Waals surface area (Å²) in [4.78, 5) is 35.4. The Bertz CT molecular complexity index is 1950. The Labute approximate surface area is 340 Å². The van der Waals surface area contributed by atoms with E-state index >= 15 is 0 Å². The van der Waals surface area contributed by atoms with Gasteiger partial charge in [0.1, 0.15) is 36.3 Å². The molecule has 0 aromatic carbocycles. The van der Waals surface area contributed by atoms with Gasteiger partial charge in [-0.1, -0.05) is 51.9 Å². The molecule has 15 heteroatoms. The SMILES string of the molecule is C=C(OCC)c1c(C2C[C@H]3CC[C@@H](C2)N3C(=O)OC(C)(C)C)nc2c(-c3ccc(-c4ncc[nH]4)nc3)cnn2c1N(COCC[Si](C)(C)C)COCC[Si](C)(C)C. The summed E-state index contributed by atoms with van der Waals surface area (Å²) < 4.78 is 27.1. The highest BCUT2D eigenvalue weighted by Gasteiger charge is 2.46. The van der Waals surface area contributed by atoms with Gasteiger partial charge in [0.05, 0.1) is 24.1 Å². The number of rotatable bonds is 17. The molecule has 2 saturated heterocycles. The largest absolute Gasteiger partial charge is 0.494 e. The number of aromatic amines is 1. The summed E-state index contributed by atoms with van der Waals surface area (Å²) >= 11 is 0. The fourth-order valence-electron chi connectivity index (χ4n) is 7.68. The first kappa shape index (κ1) is 42.5. The van der Waals surface area contributed by atoms with Crippen molar-refractivity contribution in [3.63, 3.8) is 0 Å². The molecule has 57 heavy (non-hydrogen) atoms. The van der Waals surface area contributed by atoms with Crippen molar-refractivity contribution >= 4 is 39.5 Å². The molecule has 13 nitrogen and oxygen atoms in total. The Balaban J connectivity index is 1.48. The van der Waals surface area contributed by atoms with E-state index in [1.807, 2.05) is 61.6 Å². The fraction of sp³-hybridized carbons (Fsp3) is 0.595. The molecule has 2 aliphatic rings. The van der Waals surface area contributed by atoms with Crippen LogP contribution in [0.5, 0.6) is 0 Å². The second-order valence-corrected chi connectivity index (χ2v) is 30.1. The number of hydrogen-bond acceptors (Lipinski definition) is 10. The van der Waals surface area contributed by atoms with Gasteiger partial charge in [-0.05, 0) is 71.5 Å². The molecular weight excluding hydrogens is 753 g/mol. The molecule has 2 bridgehead atoms. The predicted molar refractivity (Wildman–Crippen MR) is 232 cm³/mol. The van der Waals surface area contributed by atoms with E-state index in [0.717, 1.165) is 71.7 Å². The quantitative estimate of drug-likeness (QED) is 0.0476. The van der Waals surface area contributed by atoms with E-state index < -0.39 is 21.7 Å². The maximum absolute atomic E-state index is 13.5. The minimum atomic E-state index is -1.35. The molecule has 0 spiro atoms. The molecule has 4 aromatic heterocycles. The van der Waals surface area contributed by atoms with Crippen LogP contribution in [0.25, 0.3) is 34.1 Å². The molecule has 1 unspecified atom stereocenters. The van der Waals surface area contributed by atoms with Crippen LogP contribution in [0.2, 0.25) is 51.4 Å². The van der Waals surface area contributed by atoms with Crippen LogP contribution >= 0.6 is 0 Å². The molecule has 6 rings (SSSR count). The summed E-state index contributed by atoms with van der Waals surface area (Å²) in [5.41, 5.74) is 4.27. The lowest BCUT2D eigenvalue weighted by molar-refractivity contribution is 0.00566. The van der Waals surface area contributed by atoms with Crippen molar-refractivity contribution in [2.24, 2.45) is 0 Å². The molecule has 4 aromatic rings. The average Bonchev–Trinajstić information content (AvgIpc) is 3.87. The number of H-pyrrole nitrogens is 1. The third-order valence-corrected chi connectivity index (χ3v) is 14.0. The zero-order valence-corrected chi connectivity index (χ0v) is 37.9. The molecular formula is C42H64N8O5Si2. The monoisotopic (exact) mass is 816 g/mol. The Morgan fingerprint density at radius 2 is 1.61 bits per heavy atom. The van der Waals surface area contributed by atoms with Crippen molar-refractivity contribution in [3.05, 3.63) is 54.8 Å². The van der Waals surface area contributed by atoms with E-state index in [1.165, 1.54) is 0 Å². The number of pyridine rings is 1. The van der Waals surface area contributed by atoms with Gasteiger partial charge in [-0.25, -0.2) is 14.8 Å². The van der Waals surface area contributed by atoms with E-state index in [9.17, 15) is 4.79 Å². The summed E-state index contributed by atoms with van der Waals surface area (Å²) in [6.45, 7) is 28.7. The normalized spacial score (nSPS) is 18.6. The minimum absolute atomic E-state index is 0.0156. The van der Waals surface area contributed by atoms with Crippen molar-refractivity contribution in [2.75, 3.05) is 38.2 Å². The first-order valence-electron chi connectivity index (χ1n) is 20.5. The summed E-state index contributed by atoms with van der Waals surface area (Å²) in [5.74, 6) is 2.01. The van der Waals surface area contributed by atoms with Crippen LogP contribution in [0.15, 0.2) is 43.5 Å². The van der Waals surface area contributed by atoms with E-state index in [0.29, 0.717) is 50.5 Å². The van der Waals surface area contributed by atoms with Crippen LogP contribution < -0.4 is 4.90 Å². The smallest absolute Gasteiger partial charge is 0.410 e. The van der Waals surface area contributed by atoms with E-state index in [1.54, 1.807) is 12.4 Å². The molecule has 0 radical (unpaired) electrons. The third-order valence-electron chi connectivity index (χ3n) is 10.6. The number of nitrogens with zero attached hydrogens (tertiary/aromatic N) is 7. The van der Waals surface area contributed by atoms with Gasteiger partial charge >= 0.3 is 6.09 Å². The van der Waals surface area contributed by atoms with Crippen molar-refractivity contribution in [2.45, 2.75) is 128 Å². The number of fused-ring (bicyclic) bond motifs is 3. The zero-order chi connectivity index (χ0) is 41.1. The Morgan fingerprint density at radius 3 is 2.14 bits per heavy atom. The van der Waals surface area contributed by atoms with Crippen LogP contribution in [0.1, 0.15) is 70.6 Å². The minimum Gasteiger partial charge on any atom is -0.494 e. The number of carbonyl (C=O) groups excluding carboxylic acids is 1. The molecule has 3 atom stereocenters. The number of amides is 1. The van der Waals surface area contributed by atoms with E-state index in [-0.39, 0.29) is 24.1 Å². The number of imidazole rings is 1. The highest BCUT2D eigenvalue weighted by molar-refractivity contribution is 6.76. The summed E-state index contributed by atoms with van der Waals surface area (Å²) in [6, 6.07) is 6.14. The second-order valence-electron chi connectivity index (χ2n) is 18.9. The maximum atomic E-state index is 13.5. The number of hydrogen-bond donors (Lipinski definition) is 1. The number of ether oxygens (including phenoxy) is 4. The average molecular weight is 817 g/mol. The van der Waals surface area contributed by atoms with Crippen LogP contribution in [-0.4, -0.2) is 108 Å². The van der Waals surface area contributed by atoms with Crippen LogP contribution in [0, 0.1) is 0 Å². The van der Waals surface area contributed by atoms with Gasteiger partial charge in [-0.15, -0.1) is 0 Å². The van der Waals surface area contributed by atoms with Crippen molar-refractivity contribution in [3.8, 4) is 22.6 Å². The van der Waals surface area contributed by atoms with Gasteiger partial charge < -0.3 is 33.7 Å². The van der Waals surface area contributed by atoms with Gasteiger partial charge in [-0.2, -0.15) is 9.61 Å². The highest BCUT2D eigenvalue weighted by Crippen LogP contribution is 2.47. The van der Waals surface area contributed by atoms with Crippen LogP contribution in [0.4, 0.5) is 10.6 Å². The lowest BCUT2D eigenvalue weighted by Gasteiger charge is -2.40. The molecule has 2 fully saturated rings. The first-order valence-corrected chi connectivity index (χ1v) is 28.0. The molecule has 0 aliphatic carbocycles. The molecule has 1 amide bonds. The number of carbonyl (C=O) groups is 1. The van der Waals surface area contributed by atoms with Crippen molar-refractivity contribution in [1.29, 1.82) is 0 Å². The summed E-state index contributed by atoms with van der Waals surface area (Å²) in [6.07, 6.45) is 10.3. The van der Waals surface area contributed by atoms with Gasteiger partial charge in [0.25, 0.3) is 0 Å². The van der Waals surface area contributed by atoms with Gasteiger partial charge in [-0.3, -0.25) is 4.98 Å². The Hall–Kier alpha value is -4.06. The number of aromatic nitrogens is 6. The Morgan fingerprint density at radius 1 is 0.965 bits per heavy atom. The lowest BCUT2D eigenvalue weighted by Crippen LogP contribution is -2.48. The van der Waals surface area contributed by atoms with Gasteiger partial charge in [0.15, 0.2) is 11.5 Å². The number of anilines is 1. The fourth-order valence-corrected chi connectivity index (χ4v) is 9.19. The molecule has 6 heterocycles. The van der Waals surface area contributed by atoms with Crippen LogP contribution in [-0.2, 0) is 18.9 Å². The van der Waals surface area contributed by atoms with Crippen molar-refractivity contribution < 1.29 is 23.7 Å². The second kappa shape index (κ2) is 17.4. The molecule has 0 saturated carbocycles. The first-order chi connectivity index (χ1) is 26.9. The maximum Gasteiger partial charge on any atom is 0.410 e. The van der Waals surface area contributed by atoms with Gasteiger partial charge in [0, 0.05) is 77.1 Å². The summed E-state index contributed by atoms with van der Waals surface area (Å²) in [7, 11) is -2.69. The van der Waals surface area contributed by atoms with E-state index in [4.69, 9.17) is 34.0 Å². The summed E-state index contributed by atoms with van der Waals surface area (Å²) in [5, 5.41) is 5.03. The lowest BCUT2D eigenvalue weighted by atomic mass is 9.85. The van der Waals surface area contributed by atoms with Gasteiger partial charge in [0.2, 0.25) is 0 Å². The van der Waals surface area contributed by atoms with E-state index in [2.05, 4.69) is 60.7 Å². The zero-order valence-electron chi connectivity index (χ0n) is 35.9. The third kappa shape index (κ3) is 10.5. The molecule has 2 aliphatic heterocycles. The standard InChI is InChI=1S/C42H64N8O5Si2/c1-12-54-29(2)36-37(31-23-32-14-15-33(24-31)49(32)41(51)55-42(3,4)5)47-39-34(30-13-16-35(45-25-30)38-43-17-18-44-38)26-46-50(39)40(36)48(27-52-19-21-56(6,7)8)28-53-20-22-57(9,10)11/h13,16-18,25-26,31-33H,2,12,14-15,19-24,27-28H2,1,3-11H3,(H,43,44)/t31?,32-,33+. The molecule has 1 N–H and O–H groups in total.